The van der Waals surface area contributed by atoms with Crippen molar-refractivity contribution in [3.8, 4) is 0 Å². The van der Waals surface area contributed by atoms with Crippen LogP contribution in [0.5, 0.6) is 0 Å². The Kier molecular flexibility index (Phi) is 4.88. The van der Waals surface area contributed by atoms with Gasteiger partial charge in [-0.1, -0.05) is 6.42 Å². The highest BCUT2D eigenvalue weighted by molar-refractivity contribution is 9.11. The minimum atomic E-state index is -0.446. The number of hydrogen-bond acceptors (Lipinski definition) is 4. The van der Waals surface area contributed by atoms with Crippen LogP contribution in [0.15, 0.2) is 15.9 Å². The number of amides is 1. The van der Waals surface area contributed by atoms with Crippen LogP contribution in [-0.4, -0.2) is 24.5 Å². The van der Waals surface area contributed by atoms with Crippen LogP contribution in [0, 0.1) is 17.8 Å². The number of ether oxygens (including phenoxy) is 1. The Labute approximate surface area is 142 Å². The lowest BCUT2D eigenvalue weighted by Gasteiger charge is -2.28. The molecule has 0 spiro atoms. The van der Waals surface area contributed by atoms with Crippen molar-refractivity contribution in [2.75, 3.05) is 6.61 Å². The van der Waals surface area contributed by atoms with E-state index in [0.29, 0.717) is 10.8 Å². The Balaban J connectivity index is 1.43. The highest BCUT2D eigenvalue weighted by Gasteiger charge is 2.42. The fraction of sp³-hybridized carbons (Fsp3) is 0.625. The van der Waals surface area contributed by atoms with Crippen molar-refractivity contribution in [3.63, 3.8) is 0 Å². The number of halogens is 1. The molecule has 6 heteroatoms. The maximum absolute atomic E-state index is 12.0. The van der Waals surface area contributed by atoms with Crippen LogP contribution in [0.2, 0.25) is 0 Å². The molecule has 2 fully saturated rings. The first-order valence-electron chi connectivity index (χ1n) is 7.74. The van der Waals surface area contributed by atoms with E-state index >= 15 is 0 Å². The van der Waals surface area contributed by atoms with E-state index in [1.54, 1.807) is 12.1 Å². The molecule has 4 unspecified atom stereocenters. The van der Waals surface area contributed by atoms with Crippen molar-refractivity contribution in [3.05, 3.63) is 20.8 Å². The molecule has 1 aromatic heterocycles. The van der Waals surface area contributed by atoms with Crippen molar-refractivity contribution >= 4 is 39.1 Å². The molecular weight excluding hydrogens is 366 g/mol. The van der Waals surface area contributed by atoms with E-state index in [-0.39, 0.29) is 18.6 Å². The Hall–Kier alpha value is -0.880. The van der Waals surface area contributed by atoms with Crippen molar-refractivity contribution in [2.24, 2.45) is 17.8 Å². The first-order valence-corrected chi connectivity index (χ1v) is 9.35. The quantitative estimate of drug-likeness (QED) is 0.787. The molecule has 4 nitrogen and oxygen atoms in total. The first kappa shape index (κ1) is 16.0. The number of esters is 1. The molecule has 2 aliphatic carbocycles. The molecule has 0 aliphatic heterocycles. The van der Waals surface area contributed by atoms with Gasteiger partial charge in [-0.3, -0.25) is 4.79 Å². The van der Waals surface area contributed by atoms with Crippen molar-refractivity contribution in [1.29, 1.82) is 0 Å². The van der Waals surface area contributed by atoms with E-state index in [0.717, 1.165) is 15.6 Å². The summed E-state index contributed by atoms with van der Waals surface area (Å²) >= 11 is 4.60. The topological polar surface area (TPSA) is 55.4 Å². The summed E-state index contributed by atoms with van der Waals surface area (Å²) in [5.74, 6) is 1.57. The van der Waals surface area contributed by atoms with Gasteiger partial charge in [0.15, 0.2) is 6.61 Å². The molecule has 0 radical (unpaired) electrons. The van der Waals surface area contributed by atoms with Crippen LogP contribution < -0.4 is 5.32 Å². The Bertz CT molecular complexity index is 573. The van der Waals surface area contributed by atoms with Gasteiger partial charge in [-0.2, -0.15) is 0 Å². The summed E-state index contributed by atoms with van der Waals surface area (Å²) in [6, 6.07) is 3.64. The predicted octanol–water partition coefficient (Wildman–Crippen LogP) is 3.61. The van der Waals surface area contributed by atoms with E-state index in [9.17, 15) is 9.59 Å². The minimum Gasteiger partial charge on any atom is -0.451 e. The summed E-state index contributed by atoms with van der Waals surface area (Å²) in [6.07, 6.45) is 5.22. The molecule has 2 aliphatic rings. The van der Waals surface area contributed by atoms with Crippen LogP contribution in [0.1, 0.15) is 42.3 Å². The molecule has 1 heterocycles. The van der Waals surface area contributed by atoms with Crippen molar-refractivity contribution in [1.82, 2.24) is 5.32 Å². The average Bonchev–Trinajstić information content (AvgIpc) is 3.20. The van der Waals surface area contributed by atoms with Crippen molar-refractivity contribution in [2.45, 2.75) is 38.6 Å². The summed E-state index contributed by atoms with van der Waals surface area (Å²) < 4.78 is 5.94. The smallest absolute Gasteiger partial charge is 0.348 e. The minimum absolute atomic E-state index is 0.164. The largest absolute Gasteiger partial charge is 0.451 e. The lowest BCUT2D eigenvalue weighted by Crippen LogP contribution is -2.42. The van der Waals surface area contributed by atoms with Gasteiger partial charge in [0.25, 0.3) is 5.91 Å². The fourth-order valence-electron chi connectivity index (χ4n) is 3.94. The van der Waals surface area contributed by atoms with Gasteiger partial charge in [-0.05, 0) is 72.0 Å². The van der Waals surface area contributed by atoms with Gasteiger partial charge in [-0.25, -0.2) is 4.79 Å². The second-order valence-corrected chi connectivity index (χ2v) is 8.84. The summed E-state index contributed by atoms with van der Waals surface area (Å²) in [5, 5.41) is 3.00. The van der Waals surface area contributed by atoms with Gasteiger partial charge >= 0.3 is 5.97 Å². The maximum atomic E-state index is 12.0. The molecular formula is C16H20BrNO3S. The Morgan fingerprint density at radius 3 is 2.82 bits per heavy atom. The van der Waals surface area contributed by atoms with Crippen LogP contribution in [0.4, 0.5) is 0 Å². The maximum Gasteiger partial charge on any atom is 0.348 e. The number of thiophene rings is 1. The highest BCUT2D eigenvalue weighted by Crippen LogP contribution is 2.49. The number of carbonyl (C=O) groups excluding carboxylic acids is 2. The summed E-state index contributed by atoms with van der Waals surface area (Å²) in [6.45, 7) is 1.86. The zero-order valence-corrected chi connectivity index (χ0v) is 14.9. The lowest BCUT2D eigenvalue weighted by atomic mass is 9.84. The average molecular weight is 386 g/mol. The van der Waals surface area contributed by atoms with Crippen LogP contribution >= 0.6 is 27.3 Å². The van der Waals surface area contributed by atoms with E-state index < -0.39 is 5.97 Å². The summed E-state index contributed by atoms with van der Waals surface area (Å²) in [7, 11) is 0. The van der Waals surface area contributed by atoms with Gasteiger partial charge in [0.2, 0.25) is 0 Å². The number of carbonyl (C=O) groups is 2. The van der Waals surface area contributed by atoms with Gasteiger partial charge in [0.1, 0.15) is 4.88 Å². The summed E-state index contributed by atoms with van der Waals surface area (Å²) in [4.78, 5) is 24.3. The molecule has 0 aromatic carbocycles. The molecule has 22 heavy (non-hydrogen) atoms. The standard InChI is InChI=1S/C16H20BrNO3S/c1-9(12-7-10-2-3-11(12)6-10)18-15(19)8-21-16(20)13-4-5-14(17)22-13/h4-5,9-12H,2-3,6-8H2,1H3,(H,18,19). The van der Waals surface area contributed by atoms with Crippen LogP contribution in [-0.2, 0) is 9.53 Å². The normalized spacial score (nSPS) is 27.6. The third-order valence-electron chi connectivity index (χ3n) is 4.93. The van der Waals surface area contributed by atoms with Crippen LogP contribution in [0.25, 0.3) is 0 Å². The zero-order valence-electron chi connectivity index (χ0n) is 12.5. The van der Waals surface area contributed by atoms with E-state index in [4.69, 9.17) is 4.74 Å². The predicted molar refractivity (Wildman–Crippen MR) is 88.8 cm³/mol. The second-order valence-electron chi connectivity index (χ2n) is 6.37. The third kappa shape index (κ3) is 3.54. The first-order chi connectivity index (χ1) is 10.5. The molecule has 0 saturated heterocycles. The van der Waals surface area contributed by atoms with E-state index in [1.165, 1.54) is 37.0 Å². The SMILES string of the molecule is CC(NC(=O)COC(=O)c1ccc(Br)s1)C1CC2CCC1C2. The summed E-state index contributed by atoms with van der Waals surface area (Å²) in [5.41, 5.74) is 0. The number of rotatable bonds is 5. The molecule has 120 valence electrons. The van der Waals surface area contributed by atoms with Crippen LogP contribution in [0.3, 0.4) is 0 Å². The highest BCUT2D eigenvalue weighted by atomic mass is 79.9. The molecule has 4 atom stereocenters. The van der Waals surface area contributed by atoms with Gasteiger partial charge in [-0.15, -0.1) is 11.3 Å². The molecule has 1 N–H and O–H groups in total. The number of hydrogen-bond donors (Lipinski definition) is 1. The van der Waals surface area contributed by atoms with E-state index in [2.05, 4.69) is 28.2 Å². The third-order valence-corrected chi connectivity index (χ3v) is 6.54. The lowest BCUT2D eigenvalue weighted by molar-refractivity contribution is -0.125. The molecule has 2 bridgehead atoms. The monoisotopic (exact) mass is 385 g/mol. The fourth-order valence-corrected chi connectivity index (χ4v) is 5.22. The van der Waals surface area contributed by atoms with Gasteiger partial charge < -0.3 is 10.1 Å². The molecule has 1 aromatic rings. The van der Waals surface area contributed by atoms with E-state index in [1.807, 2.05) is 0 Å². The Morgan fingerprint density at radius 1 is 1.41 bits per heavy atom. The Morgan fingerprint density at radius 2 is 2.23 bits per heavy atom. The number of nitrogens with one attached hydrogen (secondary N) is 1. The molecule has 1 amide bonds. The van der Waals surface area contributed by atoms with Gasteiger partial charge in [0.05, 0.1) is 3.79 Å². The number of fused-ring (bicyclic) bond motifs is 2. The molecule has 2 saturated carbocycles. The van der Waals surface area contributed by atoms with Crippen molar-refractivity contribution < 1.29 is 14.3 Å². The zero-order chi connectivity index (χ0) is 15.7. The second kappa shape index (κ2) is 6.71. The van der Waals surface area contributed by atoms with Gasteiger partial charge in [0, 0.05) is 6.04 Å². The molecule has 3 rings (SSSR count).